The average Bonchev–Trinajstić information content (AvgIpc) is 2.05. The molecule has 0 spiro atoms. The second-order valence-electron chi connectivity index (χ2n) is 2.41. The van der Waals surface area contributed by atoms with Crippen molar-refractivity contribution in [1.29, 1.82) is 0 Å². The lowest BCUT2D eigenvalue weighted by atomic mass is 9.82. The smallest absolute Gasteiger partial charge is 0.428 e. The van der Waals surface area contributed by atoms with Gasteiger partial charge in [-0.25, -0.2) is 0 Å². The molecule has 0 aliphatic heterocycles. The number of benzene rings is 1. The van der Waals surface area contributed by atoms with Crippen LogP contribution >= 0.6 is 23.0 Å². The molecule has 5 heteroatoms. The Labute approximate surface area is 85.2 Å². The minimum Gasteiger partial charge on any atom is -0.428 e. The molecular weight excluding hydrogens is 270 g/mol. The SMILES string of the molecule is OB(O)Cc1ccc(OI)cc1. The summed E-state index contributed by atoms with van der Waals surface area (Å²) in [7, 11) is -1.28. The van der Waals surface area contributed by atoms with Crippen LogP contribution in [0.25, 0.3) is 0 Å². The van der Waals surface area contributed by atoms with Gasteiger partial charge in [-0.05, 0) is 17.7 Å². The van der Waals surface area contributed by atoms with Gasteiger partial charge in [-0.15, -0.1) is 0 Å². The summed E-state index contributed by atoms with van der Waals surface area (Å²) in [5.41, 5.74) is 0.877. The summed E-state index contributed by atoms with van der Waals surface area (Å²) in [4.78, 5) is 0. The highest BCUT2D eigenvalue weighted by Gasteiger charge is 2.07. The van der Waals surface area contributed by atoms with E-state index in [-0.39, 0.29) is 6.32 Å². The first-order valence-electron chi connectivity index (χ1n) is 3.46. The van der Waals surface area contributed by atoms with Crippen LogP contribution in [0.15, 0.2) is 24.3 Å². The number of rotatable bonds is 3. The van der Waals surface area contributed by atoms with E-state index >= 15 is 0 Å². The maximum atomic E-state index is 8.66. The molecule has 1 aromatic carbocycles. The van der Waals surface area contributed by atoms with Gasteiger partial charge in [0.1, 0.15) is 5.75 Å². The molecule has 1 aromatic rings. The maximum absolute atomic E-state index is 8.66. The van der Waals surface area contributed by atoms with E-state index in [1.54, 1.807) is 47.3 Å². The molecule has 0 atom stereocenters. The van der Waals surface area contributed by atoms with Crippen LogP contribution < -0.4 is 3.07 Å². The van der Waals surface area contributed by atoms with E-state index in [1.165, 1.54) is 0 Å². The second kappa shape index (κ2) is 4.69. The third kappa shape index (κ3) is 3.00. The molecule has 64 valence electrons. The largest absolute Gasteiger partial charge is 0.456 e. The Bertz CT molecular complexity index is 237. The Hall–Kier alpha value is -0.265. The van der Waals surface area contributed by atoms with Crippen molar-refractivity contribution in [3.63, 3.8) is 0 Å². The summed E-state index contributed by atoms with van der Waals surface area (Å²) >= 11 is 1.79. The van der Waals surface area contributed by atoms with Gasteiger partial charge in [-0.2, -0.15) is 0 Å². The number of halogens is 1. The van der Waals surface area contributed by atoms with Crippen LogP contribution in [0.1, 0.15) is 5.56 Å². The lowest BCUT2D eigenvalue weighted by Crippen LogP contribution is -2.14. The molecule has 0 heterocycles. The molecule has 0 saturated carbocycles. The van der Waals surface area contributed by atoms with Crippen molar-refractivity contribution < 1.29 is 13.1 Å². The molecule has 0 fully saturated rings. The molecular formula is C7H8BIO3. The Morgan fingerprint density at radius 2 is 1.83 bits per heavy atom. The van der Waals surface area contributed by atoms with Crippen LogP contribution in [0.5, 0.6) is 5.75 Å². The lowest BCUT2D eigenvalue weighted by Gasteiger charge is -2.00. The van der Waals surface area contributed by atoms with Crippen LogP contribution in [-0.4, -0.2) is 17.2 Å². The molecule has 12 heavy (non-hydrogen) atoms. The monoisotopic (exact) mass is 278 g/mol. The van der Waals surface area contributed by atoms with Crippen molar-refractivity contribution in [3.8, 4) is 5.75 Å². The minimum atomic E-state index is -1.28. The summed E-state index contributed by atoms with van der Waals surface area (Å²) in [6.07, 6.45) is 0.252. The van der Waals surface area contributed by atoms with Gasteiger partial charge < -0.3 is 13.1 Å². The highest BCUT2D eigenvalue weighted by atomic mass is 127. The summed E-state index contributed by atoms with van der Waals surface area (Å²) in [6, 6.07) is 7.16. The lowest BCUT2D eigenvalue weighted by molar-refractivity contribution is 0.405. The summed E-state index contributed by atoms with van der Waals surface area (Å²) < 4.78 is 4.92. The summed E-state index contributed by atoms with van der Waals surface area (Å²) in [6.45, 7) is 0. The van der Waals surface area contributed by atoms with Gasteiger partial charge in [-0.3, -0.25) is 0 Å². The van der Waals surface area contributed by atoms with E-state index in [0.29, 0.717) is 0 Å². The Morgan fingerprint density at radius 3 is 2.25 bits per heavy atom. The fourth-order valence-corrected chi connectivity index (χ4v) is 1.18. The Kier molecular flexibility index (Phi) is 3.83. The maximum Gasteiger partial charge on any atom is 0.456 e. The van der Waals surface area contributed by atoms with E-state index in [4.69, 9.17) is 13.1 Å². The average molecular weight is 278 g/mol. The minimum absolute atomic E-state index is 0.252. The standard InChI is InChI=1S/C7H8BIO3/c9-12-7-3-1-6(2-4-7)5-8(10)11/h1-4,10-11H,5H2. The fourth-order valence-electron chi connectivity index (χ4n) is 0.888. The molecule has 0 unspecified atom stereocenters. The van der Waals surface area contributed by atoms with Gasteiger partial charge in [0.25, 0.3) is 0 Å². The molecule has 0 saturated heterocycles. The van der Waals surface area contributed by atoms with Gasteiger partial charge in [0.2, 0.25) is 0 Å². The van der Waals surface area contributed by atoms with Crippen molar-refractivity contribution in [1.82, 2.24) is 0 Å². The highest BCUT2D eigenvalue weighted by Crippen LogP contribution is 2.14. The molecule has 0 bridgehead atoms. The zero-order valence-corrected chi connectivity index (χ0v) is 8.43. The molecule has 1 rings (SSSR count). The third-order valence-electron chi connectivity index (χ3n) is 1.43. The van der Waals surface area contributed by atoms with Gasteiger partial charge in [0.15, 0.2) is 23.0 Å². The molecule has 0 radical (unpaired) electrons. The quantitative estimate of drug-likeness (QED) is 0.639. The third-order valence-corrected chi connectivity index (χ3v) is 1.94. The molecule has 0 aliphatic carbocycles. The van der Waals surface area contributed by atoms with Gasteiger partial charge in [0.05, 0.1) is 0 Å². The molecule has 0 aliphatic rings. The van der Waals surface area contributed by atoms with E-state index < -0.39 is 7.12 Å². The zero-order valence-electron chi connectivity index (χ0n) is 6.27. The summed E-state index contributed by atoms with van der Waals surface area (Å²) in [5.74, 6) is 0.756. The summed E-state index contributed by atoms with van der Waals surface area (Å²) in [5, 5.41) is 17.3. The van der Waals surface area contributed by atoms with Crippen molar-refractivity contribution in [2.75, 3.05) is 0 Å². The normalized spacial score (nSPS) is 9.58. The van der Waals surface area contributed by atoms with Gasteiger partial charge in [0, 0.05) is 6.32 Å². The van der Waals surface area contributed by atoms with Crippen molar-refractivity contribution in [3.05, 3.63) is 29.8 Å². The van der Waals surface area contributed by atoms with E-state index in [0.717, 1.165) is 11.3 Å². The van der Waals surface area contributed by atoms with Gasteiger partial charge >= 0.3 is 7.12 Å². The second-order valence-corrected chi connectivity index (χ2v) is 2.85. The van der Waals surface area contributed by atoms with Crippen molar-refractivity contribution in [2.45, 2.75) is 6.32 Å². The predicted molar refractivity (Wildman–Crippen MR) is 55.0 cm³/mol. The molecule has 0 amide bonds. The fraction of sp³-hybridized carbons (Fsp3) is 0.143. The van der Waals surface area contributed by atoms with Crippen LogP contribution in [0.4, 0.5) is 0 Å². The number of hydrogen-bond donors (Lipinski definition) is 2. The van der Waals surface area contributed by atoms with Crippen LogP contribution in [0.3, 0.4) is 0 Å². The molecule has 3 nitrogen and oxygen atoms in total. The first-order chi connectivity index (χ1) is 5.72. The highest BCUT2D eigenvalue weighted by molar-refractivity contribution is 14.1. The van der Waals surface area contributed by atoms with Gasteiger partial charge in [-0.1, -0.05) is 12.1 Å². The predicted octanol–water partition coefficient (Wildman–Crippen LogP) is 0.970. The molecule has 2 N–H and O–H groups in total. The zero-order chi connectivity index (χ0) is 8.97. The molecule has 0 aromatic heterocycles. The van der Waals surface area contributed by atoms with E-state index in [2.05, 4.69) is 0 Å². The van der Waals surface area contributed by atoms with Crippen LogP contribution in [0.2, 0.25) is 0 Å². The topological polar surface area (TPSA) is 49.7 Å². The first kappa shape index (κ1) is 9.82. The Morgan fingerprint density at radius 1 is 1.25 bits per heavy atom. The van der Waals surface area contributed by atoms with E-state index in [1.807, 2.05) is 0 Å². The van der Waals surface area contributed by atoms with Crippen molar-refractivity contribution >= 4 is 30.1 Å². The first-order valence-corrected chi connectivity index (χ1v) is 4.34. The van der Waals surface area contributed by atoms with Crippen LogP contribution in [-0.2, 0) is 6.32 Å². The van der Waals surface area contributed by atoms with Crippen LogP contribution in [0, 0.1) is 0 Å². The van der Waals surface area contributed by atoms with Crippen molar-refractivity contribution in [2.24, 2.45) is 0 Å². The number of hydrogen-bond acceptors (Lipinski definition) is 3. The Balaban J connectivity index is 2.65. The van der Waals surface area contributed by atoms with E-state index in [9.17, 15) is 0 Å².